The molecule has 1 unspecified atom stereocenters. The lowest BCUT2D eigenvalue weighted by Crippen LogP contribution is -2.32. The van der Waals surface area contributed by atoms with Crippen molar-refractivity contribution in [3.63, 3.8) is 0 Å². The summed E-state index contributed by atoms with van der Waals surface area (Å²) in [7, 11) is 0. The van der Waals surface area contributed by atoms with Crippen LogP contribution in [-0.2, 0) is 4.79 Å². The lowest BCUT2D eigenvalue weighted by molar-refractivity contribution is -0.120. The highest BCUT2D eigenvalue weighted by Gasteiger charge is 2.17. The molecule has 0 saturated carbocycles. The van der Waals surface area contributed by atoms with Gasteiger partial charge in [-0.15, -0.1) is 12.4 Å². The van der Waals surface area contributed by atoms with E-state index in [4.69, 9.17) is 5.73 Å². The van der Waals surface area contributed by atoms with Gasteiger partial charge in [-0.3, -0.25) is 4.79 Å². The smallest absolute Gasteiger partial charge is 0.234 e. The van der Waals surface area contributed by atoms with Gasteiger partial charge >= 0.3 is 0 Å². The van der Waals surface area contributed by atoms with E-state index >= 15 is 0 Å². The molecule has 0 aliphatic rings. The molecule has 2 rings (SSSR count). The van der Waals surface area contributed by atoms with Gasteiger partial charge in [-0.1, -0.05) is 0 Å². The number of carbonyl (C=O) groups excluding carboxylic acids is 1. The minimum atomic E-state index is -0.702. The first kappa shape index (κ1) is 18.1. The third-order valence-corrected chi connectivity index (χ3v) is 3.22. The van der Waals surface area contributed by atoms with Gasteiger partial charge in [0.15, 0.2) is 5.82 Å². The third-order valence-electron chi connectivity index (χ3n) is 3.22. The highest BCUT2D eigenvalue weighted by Crippen LogP contribution is 2.22. The maximum atomic E-state index is 13.8. The molecule has 0 bridgehead atoms. The molecule has 1 amide bonds. The Labute approximate surface area is 132 Å². The summed E-state index contributed by atoms with van der Waals surface area (Å²) in [5.74, 6) is -1.64. The van der Waals surface area contributed by atoms with E-state index in [-0.39, 0.29) is 36.6 Å². The van der Waals surface area contributed by atoms with Crippen LogP contribution in [0, 0.1) is 18.6 Å². The number of hydrogen-bond donors (Lipinski definition) is 2. The van der Waals surface area contributed by atoms with E-state index in [1.54, 1.807) is 20.0 Å². The number of aromatic nitrogens is 2. The lowest BCUT2D eigenvalue weighted by Gasteiger charge is -2.13. The zero-order valence-electron chi connectivity index (χ0n) is 12.1. The van der Waals surface area contributed by atoms with Gasteiger partial charge in [0, 0.05) is 17.3 Å². The molecule has 1 heterocycles. The van der Waals surface area contributed by atoms with Crippen LogP contribution in [0.1, 0.15) is 24.2 Å². The summed E-state index contributed by atoms with van der Waals surface area (Å²) < 4.78 is 28.1. The van der Waals surface area contributed by atoms with Gasteiger partial charge in [0.05, 0.1) is 18.8 Å². The van der Waals surface area contributed by atoms with Crippen LogP contribution in [-0.4, -0.2) is 22.2 Å². The molecule has 0 spiro atoms. The largest absolute Gasteiger partial charge is 0.348 e. The molecule has 3 N–H and O–H groups in total. The van der Waals surface area contributed by atoms with Gasteiger partial charge in [-0.2, -0.15) is 5.10 Å². The monoisotopic (exact) mass is 330 g/mol. The second kappa shape index (κ2) is 7.33. The molecule has 1 aromatic carbocycles. The van der Waals surface area contributed by atoms with Crippen LogP contribution in [0.25, 0.3) is 5.69 Å². The molecule has 8 heteroatoms. The minimum absolute atomic E-state index is 0. The van der Waals surface area contributed by atoms with E-state index in [1.165, 1.54) is 16.8 Å². The molecule has 0 aliphatic carbocycles. The van der Waals surface area contributed by atoms with Crippen LogP contribution in [0.2, 0.25) is 0 Å². The molecule has 120 valence electrons. The Hall–Kier alpha value is -1.99. The summed E-state index contributed by atoms with van der Waals surface area (Å²) in [6, 6.07) is 2.98. The average Bonchev–Trinajstić information content (AvgIpc) is 2.80. The lowest BCUT2D eigenvalue weighted by atomic mass is 10.1. The number of halogens is 3. The Bertz CT molecular complexity index is 675. The van der Waals surface area contributed by atoms with Gasteiger partial charge in [0.1, 0.15) is 11.5 Å². The highest BCUT2D eigenvalue weighted by atomic mass is 35.5. The Morgan fingerprint density at radius 1 is 1.45 bits per heavy atom. The van der Waals surface area contributed by atoms with E-state index in [0.29, 0.717) is 5.69 Å². The molecule has 1 aromatic heterocycles. The Balaban J connectivity index is 0.00000242. The molecule has 1 atom stereocenters. The number of rotatable bonds is 4. The molecule has 5 nitrogen and oxygen atoms in total. The van der Waals surface area contributed by atoms with Crippen molar-refractivity contribution in [2.24, 2.45) is 5.73 Å². The number of amides is 1. The van der Waals surface area contributed by atoms with Crippen molar-refractivity contribution in [1.82, 2.24) is 15.1 Å². The predicted octanol–water partition coefficient (Wildman–Crippen LogP) is 2.02. The fraction of sp³-hybridized carbons (Fsp3) is 0.286. The first-order valence-electron chi connectivity index (χ1n) is 6.43. The van der Waals surface area contributed by atoms with Gasteiger partial charge in [0.25, 0.3) is 0 Å². The third kappa shape index (κ3) is 3.61. The van der Waals surface area contributed by atoms with Crippen molar-refractivity contribution < 1.29 is 13.6 Å². The van der Waals surface area contributed by atoms with Crippen LogP contribution in [0.3, 0.4) is 0 Å². The first-order valence-corrected chi connectivity index (χ1v) is 6.43. The number of nitrogens with one attached hydrogen (secondary N) is 1. The maximum absolute atomic E-state index is 13.8. The number of benzene rings is 1. The van der Waals surface area contributed by atoms with Gasteiger partial charge < -0.3 is 11.1 Å². The average molecular weight is 331 g/mol. The normalized spacial score (nSPS) is 11.7. The number of nitrogens with two attached hydrogens (primary N) is 1. The number of carbonyl (C=O) groups is 1. The Morgan fingerprint density at radius 2 is 2.14 bits per heavy atom. The summed E-state index contributed by atoms with van der Waals surface area (Å²) >= 11 is 0. The summed E-state index contributed by atoms with van der Waals surface area (Å²) in [5, 5.41) is 6.81. The van der Waals surface area contributed by atoms with Crippen molar-refractivity contribution >= 4 is 18.3 Å². The highest BCUT2D eigenvalue weighted by molar-refractivity contribution is 5.85. The van der Waals surface area contributed by atoms with Crippen molar-refractivity contribution in [3.05, 3.63) is 47.3 Å². The maximum Gasteiger partial charge on any atom is 0.234 e. The van der Waals surface area contributed by atoms with Gasteiger partial charge in [-0.05, 0) is 26.0 Å². The molecule has 2 aromatic rings. The van der Waals surface area contributed by atoms with Crippen molar-refractivity contribution in [2.45, 2.75) is 19.9 Å². The van der Waals surface area contributed by atoms with E-state index < -0.39 is 11.6 Å². The fourth-order valence-corrected chi connectivity index (χ4v) is 2.12. The van der Waals surface area contributed by atoms with Crippen LogP contribution in [0.5, 0.6) is 0 Å². The van der Waals surface area contributed by atoms with Crippen molar-refractivity contribution in [3.8, 4) is 5.69 Å². The van der Waals surface area contributed by atoms with Crippen LogP contribution in [0.4, 0.5) is 8.78 Å². The Kier molecular flexibility index (Phi) is 6.01. The first-order chi connectivity index (χ1) is 9.93. The molecule has 0 fully saturated rings. The fourth-order valence-electron chi connectivity index (χ4n) is 2.12. The predicted molar refractivity (Wildman–Crippen MR) is 81.1 cm³/mol. The number of hydrogen-bond acceptors (Lipinski definition) is 3. The zero-order chi connectivity index (χ0) is 15.6. The topological polar surface area (TPSA) is 72.9 Å². The van der Waals surface area contributed by atoms with Gasteiger partial charge in [-0.25, -0.2) is 13.5 Å². The second-order valence-corrected chi connectivity index (χ2v) is 4.69. The number of nitrogens with zero attached hydrogens (tertiary/aromatic N) is 2. The quantitative estimate of drug-likeness (QED) is 0.900. The Morgan fingerprint density at radius 3 is 2.73 bits per heavy atom. The SMILES string of the molecule is Cc1c(C(C)NC(=O)CN)cnn1-c1ccc(F)cc1F.Cl. The molecular formula is C14H17ClF2N4O. The van der Waals surface area contributed by atoms with E-state index in [0.717, 1.165) is 11.6 Å². The summed E-state index contributed by atoms with van der Waals surface area (Å²) in [4.78, 5) is 11.3. The van der Waals surface area contributed by atoms with Crippen LogP contribution in [0.15, 0.2) is 24.4 Å². The molecular weight excluding hydrogens is 314 g/mol. The minimum Gasteiger partial charge on any atom is -0.348 e. The van der Waals surface area contributed by atoms with E-state index in [1.807, 2.05) is 0 Å². The van der Waals surface area contributed by atoms with Crippen LogP contribution < -0.4 is 11.1 Å². The van der Waals surface area contributed by atoms with E-state index in [9.17, 15) is 13.6 Å². The molecule has 22 heavy (non-hydrogen) atoms. The molecule has 0 aliphatic heterocycles. The zero-order valence-corrected chi connectivity index (χ0v) is 13.0. The van der Waals surface area contributed by atoms with Crippen molar-refractivity contribution in [1.29, 1.82) is 0 Å². The standard InChI is InChI=1S/C14H16F2N4O.ClH/c1-8(19-14(21)6-17)11-7-18-20(9(11)2)13-4-3-10(15)5-12(13)16;/h3-5,7-8H,6,17H2,1-2H3,(H,19,21);1H. The van der Waals surface area contributed by atoms with Crippen LogP contribution >= 0.6 is 12.4 Å². The summed E-state index contributed by atoms with van der Waals surface area (Å²) in [6.45, 7) is 3.42. The second-order valence-electron chi connectivity index (χ2n) is 4.69. The summed E-state index contributed by atoms with van der Waals surface area (Å²) in [6.07, 6.45) is 1.54. The molecule has 0 radical (unpaired) electrons. The molecule has 0 saturated heterocycles. The summed E-state index contributed by atoms with van der Waals surface area (Å²) in [5.41, 5.74) is 6.79. The van der Waals surface area contributed by atoms with E-state index in [2.05, 4.69) is 10.4 Å². The van der Waals surface area contributed by atoms with Gasteiger partial charge in [0.2, 0.25) is 5.91 Å². The van der Waals surface area contributed by atoms with Crippen molar-refractivity contribution in [2.75, 3.05) is 6.54 Å².